The van der Waals surface area contributed by atoms with Gasteiger partial charge in [0.25, 0.3) is 0 Å². The molecule has 1 aromatic heterocycles. The van der Waals surface area contributed by atoms with Crippen molar-refractivity contribution in [3.05, 3.63) is 41.2 Å². The molecule has 1 aliphatic rings. The number of nitrogens with zero attached hydrogens (tertiary/aromatic N) is 4. The summed E-state index contributed by atoms with van der Waals surface area (Å²) >= 11 is 0. The van der Waals surface area contributed by atoms with Gasteiger partial charge in [-0.15, -0.1) is 0 Å². The van der Waals surface area contributed by atoms with Crippen molar-refractivity contribution in [1.29, 1.82) is 5.26 Å². The van der Waals surface area contributed by atoms with Crippen molar-refractivity contribution in [3.8, 4) is 6.07 Å². The largest absolute Gasteiger partial charge is 0.393 e. The highest BCUT2D eigenvalue weighted by Gasteiger charge is 2.20. The van der Waals surface area contributed by atoms with Crippen molar-refractivity contribution in [2.75, 3.05) is 23.3 Å². The van der Waals surface area contributed by atoms with E-state index >= 15 is 0 Å². The van der Waals surface area contributed by atoms with Crippen LogP contribution >= 0.6 is 0 Å². The Morgan fingerprint density at radius 1 is 1.36 bits per heavy atom. The smallest absolute Gasteiger partial charge is 0.101 e. The Labute approximate surface area is 148 Å². The molecule has 0 radical (unpaired) electrons. The van der Waals surface area contributed by atoms with Gasteiger partial charge in [0.05, 0.1) is 29.6 Å². The Hall–Kier alpha value is -2.52. The van der Waals surface area contributed by atoms with E-state index in [1.807, 2.05) is 36.1 Å². The summed E-state index contributed by atoms with van der Waals surface area (Å²) in [6.45, 7) is 5.72. The highest BCUT2D eigenvalue weighted by Crippen LogP contribution is 2.29. The Balaban J connectivity index is 1.77. The summed E-state index contributed by atoms with van der Waals surface area (Å²) in [6.07, 6.45) is 3.17. The number of aryl methyl sites for hydroxylation is 1. The Kier molecular flexibility index (Phi) is 4.95. The van der Waals surface area contributed by atoms with E-state index in [-0.39, 0.29) is 12.1 Å². The van der Waals surface area contributed by atoms with Crippen LogP contribution in [0.3, 0.4) is 0 Å². The van der Waals surface area contributed by atoms with Crippen LogP contribution in [-0.4, -0.2) is 34.1 Å². The minimum atomic E-state index is -0.216. The lowest BCUT2D eigenvalue weighted by Crippen LogP contribution is -2.36. The summed E-state index contributed by atoms with van der Waals surface area (Å²) in [5.41, 5.74) is 4.81. The number of nitriles is 1. The highest BCUT2D eigenvalue weighted by atomic mass is 16.3. The summed E-state index contributed by atoms with van der Waals surface area (Å²) in [5.74, 6) is 0. The number of benzene rings is 1. The third-order valence-corrected chi connectivity index (χ3v) is 5.05. The molecule has 1 saturated heterocycles. The van der Waals surface area contributed by atoms with E-state index in [1.54, 1.807) is 0 Å². The molecule has 1 atom stereocenters. The lowest BCUT2D eigenvalue weighted by molar-refractivity contribution is 0.145. The second kappa shape index (κ2) is 7.16. The molecule has 132 valence electrons. The quantitative estimate of drug-likeness (QED) is 0.896. The van der Waals surface area contributed by atoms with E-state index in [0.717, 1.165) is 48.6 Å². The zero-order valence-corrected chi connectivity index (χ0v) is 15.0. The summed E-state index contributed by atoms with van der Waals surface area (Å²) in [5, 5.41) is 27.0. The summed E-state index contributed by atoms with van der Waals surface area (Å²) in [4.78, 5) is 2.18. The predicted molar refractivity (Wildman–Crippen MR) is 98.6 cm³/mol. The topological polar surface area (TPSA) is 77.1 Å². The second-order valence-corrected chi connectivity index (χ2v) is 6.74. The molecule has 1 unspecified atom stereocenters. The molecule has 2 heterocycles. The standard InChI is InChI=1S/C19H25N5O/c1-13(18-12-21-23(3)14(18)2)22-16-4-5-19(15(10-16)11-20)24-8-6-17(25)7-9-24/h4-5,10,12-13,17,22,25H,6-9H2,1-3H3. The van der Waals surface area contributed by atoms with E-state index in [9.17, 15) is 10.4 Å². The van der Waals surface area contributed by atoms with E-state index in [1.165, 1.54) is 0 Å². The van der Waals surface area contributed by atoms with Crippen LogP contribution in [0.25, 0.3) is 0 Å². The van der Waals surface area contributed by atoms with E-state index in [2.05, 4.69) is 35.2 Å². The van der Waals surface area contributed by atoms with Gasteiger partial charge in [-0.25, -0.2) is 0 Å². The van der Waals surface area contributed by atoms with Gasteiger partial charge >= 0.3 is 0 Å². The molecular weight excluding hydrogens is 314 g/mol. The van der Waals surface area contributed by atoms with Crippen LogP contribution < -0.4 is 10.2 Å². The van der Waals surface area contributed by atoms with Gasteiger partial charge in [-0.1, -0.05) is 0 Å². The molecule has 1 fully saturated rings. The fraction of sp³-hybridized carbons (Fsp3) is 0.474. The Morgan fingerprint density at radius 3 is 2.68 bits per heavy atom. The maximum atomic E-state index is 9.67. The SMILES string of the molecule is Cc1c(C(C)Nc2ccc(N3CCC(O)CC3)c(C#N)c2)cnn1C. The predicted octanol–water partition coefficient (Wildman–Crippen LogP) is 2.73. The minimum Gasteiger partial charge on any atom is -0.393 e. The molecule has 2 N–H and O–H groups in total. The average Bonchev–Trinajstić information content (AvgIpc) is 2.95. The molecule has 0 amide bonds. The zero-order chi connectivity index (χ0) is 18.0. The fourth-order valence-electron chi connectivity index (χ4n) is 3.37. The van der Waals surface area contributed by atoms with Crippen molar-refractivity contribution in [1.82, 2.24) is 9.78 Å². The van der Waals surface area contributed by atoms with Crippen molar-refractivity contribution in [2.45, 2.75) is 38.8 Å². The number of anilines is 2. The van der Waals surface area contributed by atoms with Crippen molar-refractivity contribution in [2.24, 2.45) is 7.05 Å². The van der Waals surface area contributed by atoms with Gasteiger partial charge in [-0.3, -0.25) is 4.68 Å². The van der Waals surface area contributed by atoms with Gasteiger partial charge < -0.3 is 15.3 Å². The number of aliphatic hydroxyl groups is 1. The summed E-state index contributed by atoms with van der Waals surface area (Å²) in [7, 11) is 1.93. The molecule has 6 nitrogen and oxygen atoms in total. The third-order valence-electron chi connectivity index (χ3n) is 5.05. The van der Waals surface area contributed by atoms with Crippen molar-refractivity contribution in [3.63, 3.8) is 0 Å². The molecule has 2 aromatic rings. The monoisotopic (exact) mass is 339 g/mol. The van der Waals surface area contributed by atoms with Gasteiger partial charge in [-0.2, -0.15) is 10.4 Å². The maximum Gasteiger partial charge on any atom is 0.101 e. The Morgan fingerprint density at radius 2 is 2.08 bits per heavy atom. The summed E-state index contributed by atoms with van der Waals surface area (Å²) < 4.78 is 1.86. The first-order valence-electron chi connectivity index (χ1n) is 8.71. The number of rotatable bonds is 4. The van der Waals surface area contributed by atoms with Gasteiger partial charge in [0.2, 0.25) is 0 Å². The average molecular weight is 339 g/mol. The van der Waals surface area contributed by atoms with Crippen LogP contribution in [-0.2, 0) is 7.05 Å². The first kappa shape index (κ1) is 17.3. The zero-order valence-electron chi connectivity index (χ0n) is 15.0. The first-order chi connectivity index (χ1) is 12.0. The van der Waals surface area contributed by atoms with E-state index < -0.39 is 0 Å². The fourth-order valence-corrected chi connectivity index (χ4v) is 3.37. The molecule has 0 aliphatic carbocycles. The number of aliphatic hydroxyl groups excluding tert-OH is 1. The van der Waals surface area contributed by atoms with E-state index in [4.69, 9.17) is 0 Å². The molecule has 3 rings (SSSR count). The van der Waals surface area contributed by atoms with Gasteiger partial charge in [-0.05, 0) is 44.9 Å². The van der Waals surface area contributed by atoms with Gasteiger partial charge in [0, 0.05) is 37.1 Å². The second-order valence-electron chi connectivity index (χ2n) is 6.74. The van der Waals surface area contributed by atoms with Crippen LogP contribution in [0, 0.1) is 18.3 Å². The maximum absolute atomic E-state index is 9.67. The number of hydrogen-bond acceptors (Lipinski definition) is 5. The normalized spacial score (nSPS) is 16.5. The number of piperidine rings is 1. The van der Waals surface area contributed by atoms with Crippen molar-refractivity contribution < 1.29 is 5.11 Å². The van der Waals surface area contributed by atoms with Crippen molar-refractivity contribution >= 4 is 11.4 Å². The van der Waals surface area contributed by atoms with Crippen LogP contribution in [0.5, 0.6) is 0 Å². The molecular formula is C19H25N5O. The number of aromatic nitrogens is 2. The third kappa shape index (κ3) is 3.62. The number of hydrogen-bond donors (Lipinski definition) is 2. The van der Waals surface area contributed by atoms with Crippen LogP contribution in [0.1, 0.15) is 42.6 Å². The van der Waals surface area contributed by atoms with Crippen LogP contribution in [0.15, 0.2) is 24.4 Å². The molecule has 0 saturated carbocycles. The lowest BCUT2D eigenvalue weighted by Gasteiger charge is -2.32. The molecule has 1 aromatic carbocycles. The van der Waals surface area contributed by atoms with Gasteiger partial charge in [0.15, 0.2) is 0 Å². The van der Waals surface area contributed by atoms with Gasteiger partial charge in [0.1, 0.15) is 6.07 Å². The Bertz CT molecular complexity index is 784. The first-order valence-corrected chi connectivity index (χ1v) is 8.71. The minimum absolute atomic E-state index is 0.108. The summed E-state index contributed by atoms with van der Waals surface area (Å²) in [6, 6.07) is 8.34. The van der Waals surface area contributed by atoms with E-state index in [0.29, 0.717) is 5.56 Å². The number of nitrogens with one attached hydrogen (secondary N) is 1. The lowest BCUT2D eigenvalue weighted by atomic mass is 10.0. The van der Waals surface area contributed by atoms with Crippen LogP contribution in [0.4, 0.5) is 11.4 Å². The molecule has 1 aliphatic heterocycles. The molecule has 25 heavy (non-hydrogen) atoms. The molecule has 0 spiro atoms. The molecule has 0 bridgehead atoms. The molecule has 6 heteroatoms. The highest BCUT2D eigenvalue weighted by molar-refractivity contribution is 5.66. The van der Waals surface area contributed by atoms with Crippen LogP contribution in [0.2, 0.25) is 0 Å².